The van der Waals surface area contributed by atoms with Gasteiger partial charge in [-0.25, -0.2) is 0 Å². The Morgan fingerprint density at radius 2 is 1.95 bits per heavy atom. The largest absolute Gasteiger partial charge is 0.325 e. The molecule has 19 heavy (non-hydrogen) atoms. The van der Waals surface area contributed by atoms with Gasteiger partial charge in [0.05, 0.1) is 6.54 Å². The second kappa shape index (κ2) is 6.20. The standard InChI is InChI=1S/C15H19N3O/c1-12(2)16-11-15(19)17-13-6-5-7-14(10-13)18-8-3-4-9-18/h3-10,12,16H,11H2,1-2H3,(H,17,19). The maximum atomic E-state index is 11.7. The Hall–Kier alpha value is -2.07. The van der Waals surface area contributed by atoms with Crippen LogP contribution in [0.4, 0.5) is 5.69 Å². The van der Waals surface area contributed by atoms with Crippen LogP contribution in [-0.2, 0) is 4.79 Å². The summed E-state index contributed by atoms with van der Waals surface area (Å²) in [6, 6.07) is 12.0. The van der Waals surface area contributed by atoms with Crippen molar-refractivity contribution < 1.29 is 4.79 Å². The summed E-state index contributed by atoms with van der Waals surface area (Å²) >= 11 is 0. The molecule has 2 N–H and O–H groups in total. The van der Waals surface area contributed by atoms with Crippen molar-refractivity contribution in [2.45, 2.75) is 19.9 Å². The van der Waals surface area contributed by atoms with Crippen molar-refractivity contribution in [2.24, 2.45) is 0 Å². The topological polar surface area (TPSA) is 46.1 Å². The van der Waals surface area contributed by atoms with Crippen LogP contribution in [0.5, 0.6) is 0 Å². The zero-order chi connectivity index (χ0) is 13.7. The molecule has 0 spiro atoms. The first kappa shape index (κ1) is 13.4. The molecule has 0 bridgehead atoms. The van der Waals surface area contributed by atoms with Gasteiger partial charge in [0.1, 0.15) is 0 Å². The summed E-state index contributed by atoms with van der Waals surface area (Å²) in [6.45, 7) is 4.35. The molecule has 2 aromatic rings. The number of benzene rings is 1. The van der Waals surface area contributed by atoms with Crippen LogP contribution in [0.25, 0.3) is 5.69 Å². The minimum atomic E-state index is -0.0293. The molecule has 0 saturated carbocycles. The van der Waals surface area contributed by atoms with Crippen molar-refractivity contribution in [3.63, 3.8) is 0 Å². The van der Waals surface area contributed by atoms with E-state index in [1.807, 2.05) is 67.2 Å². The summed E-state index contributed by atoms with van der Waals surface area (Å²) in [7, 11) is 0. The lowest BCUT2D eigenvalue weighted by atomic mass is 10.2. The highest BCUT2D eigenvalue weighted by molar-refractivity contribution is 5.92. The van der Waals surface area contributed by atoms with Crippen molar-refractivity contribution in [2.75, 3.05) is 11.9 Å². The second-order valence-electron chi connectivity index (χ2n) is 4.72. The van der Waals surface area contributed by atoms with Gasteiger partial charge in [-0.2, -0.15) is 0 Å². The third-order valence-electron chi connectivity index (χ3n) is 2.70. The summed E-state index contributed by atoms with van der Waals surface area (Å²) in [5.74, 6) is -0.0293. The zero-order valence-corrected chi connectivity index (χ0v) is 11.3. The number of anilines is 1. The van der Waals surface area contributed by atoms with Crippen LogP contribution in [0.1, 0.15) is 13.8 Å². The Labute approximate surface area is 113 Å². The molecule has 0 aliphatic carbocycles. The van der Waals surface area contributed by atoms with Gasteiger partial charge in [0.25, 0.3) is 0 Å². The van der Waals surface area contributed by atoms with E-state index in [1.165, 1.54) is 0 Å². The predicted molar refractivity (Wildman–Crippen MR) is 77.5 cm³/mol. The predicted octanol–water partition coefficient (Wildman–Crippen LogP) is 2.41. The van der Waals surface area contributed by atoms with E-state index in [4.69, 9.17) is 0 Å². The molecule has 4 heteroatoms. The Morgan fingerprint density at radius 3 is 2.63 bits per heavy atom. The molecule has 0 unspecified atom stereocenters. The van der Waals surface area contributed by atoms with Crippen LogP contribution >= 0.6 is 0 Å². The fourth-order valence-corrected chi connectivity index (χ4v) is 1.75. The highest BCUT2D eigenvalue weighted by Crippen LogP contribution is 2.14. The van der Waals surface area contributed by atoms with Crippen LogP contribution < -0.4 is 10.6 Å². The van der Waals surface area contributed by atoms with Gasteiger partial charge in [-0.05, 0) is 30.3 Å². The quantitative estimate of drug-likeness (QED) is 0.864. The van der Waals surface area contributed by atoms with E-state index in [0.717, 1.165) is 11.4 Å². The lowest BCUT2D eigenvalue weighted by Gasteiger charge is -2.10. The van der Waals surface area contributed by atoms with Crippen LogP contribution in [-0.4, -0.2) is 23.1 Å². The highest BCUT2D eigenvalue weighted by atomic mass is 16.1. The number of carbonyl (C=O) groups is 1. The van der Waals surface area contributed by atoms with Gasteiger partial charge in [-0.3, -0.25) is 4.79 Å². The Morgan fingerprint density at radius 1 is 1.21 bits per heavy atom. The maximum absolute atomic E-state index is 11.7. The van der Waals surface area contributed by atoms with Crippen molar-refractivity contribution >= 4 is 11.6 Å². The molecule has 0 aliphatic rings. The third kappa shape index (κ3) is 3.96. The lowest BCUT2D eigenvalue weighted by Crippen LogP contribution is -2.32. The van der Waals surface area contributed by atoms with E-state index in [2.05, 4.69) is 10.6 Å². The number of amides is 1. The summed E-state index contributed by atoms with van der Waals surface area (Å²) in [5, 5.41) is 5.98. The minimum Gasteiger partial charge on any atom is -0.325 e. The Kier molecular flexibility index (Phi) is 4.36. The first-order valence-electron chi connectivity index (χ1n) is 6.42. The molecular weight excluding hydrogens is 238 g/mol. The molecule has 0 aliphatic heterocycles. The number of aromatic nitrogens is 1. The second-order valence-corrected chi connectivity index (χ2v) is 4.72. The zero-order valence-electron chi connectivity index (χ0n) is 11.3. The molecule has 100 valence electrons. The SMILES string of the molecule is CC(C)NCC(=O)Nc1cccc(-n2cccc2)c1. The van der Waals surface area contributed by atoms with Crippen molar-refractivity contribution in [1.82, 2.24) is 9.88 Å². The normalized spacial score (nSPS) is 10.7. The summed E-state index contributed by atoms with van der Waals surface area (Å²) in [4.78, 5) is 11.7. The summed E-state index contributed by atoms with van der Waals surface area (Å²) in [5.41, 5.74) is 1.83. The van der Waals surface area contributed by atoms with Gasteiger partial charge in [-0.1, -0.05) is 19.9 Å². The Balaban J connectivity index is 2.01. The third-order valence-corrected chi connectivity index (χ3v) is 2.70. The van der Waals surface area contributed by atoms with Gasteiger partial charge in [0.15, 0.2) is 0 Å². The van der Waals surface area contributed by atoms with E-state index in [-0.39, 0.29) is 5.91 Å². The molecule has 0 saturated heterocycles. The fraction of sp³-hybridized carbons (Fsp3) is 0.267. The first-order chi connectivity index (χ1) is 9.15. The first-order valence-corrected chi connectivity index (χ1v) is 6.42. The molecule has 0 atom stereocenters. The van der Waals surface area contributed by atoms with Crippen LogP contribution in [0.3, 0.4) is 0 Å². The van der Waals surface area contributed by atoms with Crippen molar-refractivity contribution in [3.8, 4) is 5.69 Å². The number of carbonyl (C=O) groups excluding carboxylic acids is 1. The van der Waals surface area contributed by atoms with E-state index >= 15 is 0 Å². The van der Waals surface area contributed by atoms with Gasteiger partial charge >= 0.3 is 0 Å². The average Bonchev–Trinajstić information content (AvgIpc) is 2.90. The monoisotopic (exact) mass is 257 g/mol. The molecule has 2 rings (SSSR count). The van der Waals surface area contributed by atoms with Gasteiger partial charge < -0.3 is 15.2 Å². The number of hydrogen-bond donors (Lipinski definition) is 2. The fourth-order valence-electron chi connectivity index (χ4n) is 1.75. The molecule has 1 heterocycles. The molecule has 4 nitrogen and oxygen atoms in total. The summed E-state index contributed by atoms with van der Waals surface area (Å²) < 4.78 is 2.00. The van der Waals surface area contributed by atoms with E-state index in [1.54, 1.807) is 0 Å². The molecule has 1 amide bonds. The van der Waals surface area contributed by atoms with Gasteiger partial charge in [0, 0.05) is 29.8 Å². The van der Waals surface area contributed by atoms with Gasteiger partial charge in [0.2, 0.25) is 5.91 Å². The number of hydrogen-bond acceptors (Lipinski definition) is 2. The lowest BCUT2D eigenvalue weighted by molar-refractivity contribution is -0.115. The van der Waals surface area contributed by atoms with E-state index < -0.39 is 0 Å². The summed E-state index contributed by atoms with van der Waals surface area (Å²) in [6.07, 6.45) is 3.95. The molecule has 0 fully saturated rings. The smallest absolute Gasteiger partial charge is 0.238 e. The maximum Gasteiger partial charge on any atom is 0.238 e. The number of rotatable bonds is 5. The molecule has 1 aromatic carbocycles. The average molecular weight is 257 g/mol. The van der Waals surface area contributed by atoms with Gasteiger partial charge in [-0.15, -0.1) is 0 Å². The number of nitrogens with one attached hydrogen (secondary N) is 2. The Bertz CT molecular complexity index is 532. The van der Waals surface area contributed by atoms with Crippen molar-refractivity contribution in [1.29, 1.82) is 0 Å². The minimum absolute atomic E-state index is 0.0293. The van der Waals surface area contributed by atoms with E-state index in [0.29, 0.717) is 12.6 Å². The highest BCUT2D eigenvalue weighted by Gasteiger charge is 2.04. The molecule has 1 aromatic heterocycles. The molecule has 0 radical (unpaired) electrons. The van der Waals surface area contributed by atoms with Crippen LogP contribution in [0.15, 0.2) is 48.8 Å². The van der Waals surface area contributed by atoms with Crippen LogP contribution in [0, 0.1) is 0 Å². The molecular formula is C15H19N3O. The van der Waals surface area contributed by atoms with Crippen molar-refractivity contribution in [3.05, 3.63) is 48.8 Å². The van der Waals surface area contributed by atoms with E-state index in [9.17, 15) is 4.79 Å². The van der Waals surface area contributed by atoms with Crippen LogP contribution in [0.2, 0.25) is 0 Å². The number of nitrogens with zero attached hydrogens (tertiary/aromatic N) is 1.